The van der Waals surface area contributed by atoms with Crippen LogP contribution in [0.2, 0.25) is 0 Å². The number of ether oxygens (including phenoxy) is 1. The molecule has 0 heterocycles. The molecule has 0 aromatic heterocycles. The first-order valence-electron chi connectivity index (χ1n) is 5.85. The minimum Gasteiger partial charge on any atom is -0.495 e. The van der Waals surface area contributed by atoms with Crippen molar-refractivity contribution in [2.45, 2.75) is 0 Å². The number of nitrogens with zero attached hydrogens (tertiary/aromatic N) is 2. The summed E-state index contributed by atoms with van der Waals surface area (Å²) >= 11 is 0. The van der Waals surface area contributed by atoms with Gasteiger partial charge in [-0.2, -0.15) is 0 Å². The van der Waals surface area contributed by atoms with Gasteiger partial charge in [-0.1, -0.05) is 0 Å². The van der Waals surface area contributed by atoms with E-state index in [1.165, 1.54) is 49.6 Å². The molecule has 2 rings (SSSR count). The molecule has 108 valence electrons. The Morgan fingerprint density at radius 3 is 2.05 bits per heavy atom. The third-order valence-electron chi connectivity index (χ3n) is 2.75. The van der Waals surface area contributed by atoms with Gasteiger partial charge in [0.1, 0.15) is 5.75 Å². The second-order valence-electron chi connectivity index (χ2n) is 4.07. The Morgan fingerprint density at radius 2 is 1.52 bits per heavy atom. The van der Waals surface area contributed by atoms with Crippen molar-refractivity contribution in [3.63, 3.8) is 0 Å². The van der Waals surface area contributed by atoms with E-state index in [0.29, 0.717) is 17.1 Å². The Kier molecular flexibility index (Phi) is 3.98. The molecule has 0 aliphatic carbocycles. The predicted octanol–water partition coefficient (Wildman–Crippen LogP) is 3.26. The Labute approximate surface area is 119 Å². The van der Waals surface area contributed by atoms with Crippen LogP contribution in [0.15, 0.2) is 42.5 Å². The maximum atomic E-state index is 10.8. The molecule has 2 aromatic rings. The van der Waals surface area contributed by atoms with Gasteiger partial charge in [-0.15, -0.1) is 0 Å². The van der Waals surface area contributed by atoms with Gasteiger partial charge >= 0.3 is 0 Å². The Hall–Kier alpha value is -3.16. The average molecular weight is 289 g/mol. The molecule has 21 heavy (non-hydrogen) atoms. The zero-order valence-corrected chi connectivity index (χ0v) is 11.0. The fourth-order valence-electron chi connectivity index (χ4n) is 1.73. The van der Waals surface area contributed by atoms with Gasteiger partial charge in [-0.3, -0.25) is 20.2 Å². The minimum absolute atomic E-state index is 0.0356. The molecule has 0 unspecified atom stereocenters. The Balaban J connectivity index is 2.31. The van der Waals surface area contributed by atoms with Gasteiger partial charge in [-0.25, -0.2) is 0 Å². The average Bonchev–Trinajstić information content (AvgIpc) is 2.47. The summed E-state index contributed by atoms with van der Waals surface area (Å²) in [6, 6.07) is 9.84. The second kappa shape index (κ2) is 5.87. The molecule has 0 aliphatic rings. The fraction of sp³-hybridized carbons (Fsp3) is 0.0769. The number of anilines is 2. The van der Waals surface area contributed by atoms with E-state index in [1.807, 2.05) is 0 Å². The van der Waals surface area contributed by atoms with Crippen LogP contribution in [0, 0.1) is 20.2 Å². The number of rotatable bonds is 5. The maximum Gasteiger partial charge on any atom is 0.271 e. The molecule has 8 nitrogen and oxygen atoms in total. The molecule has 2 aromatic carbocycles. The molecule has 0 saturated heterocycles. The number of nitrogens with one attached hydrogen (secondary N) is 1. The summed E-state index contributed by atoms with van der Waals surface area (Å²) in [5.41, 5.74) is 0.840. The van der Waals surface area contributed by atoms with Crippen molar-refractivity contribution in [1.82, 2.24) is 0 Å². The Morgan fingerprint density at radius 1 is 0.952 bits per heavy atom. The summed E-state index contributed by atoms with van der Waals surface area (Å²) < 4.78 is 5.12. The highest BCUT2D eigenvalue weighted by atomic mass is 16.6. The highest BCUT2D eigenvalue weighted by Crippen LogP contribution is 2.31. The van der Waals surface area contributed by atoms with Crippen LogP contribution >= 0.6 is 0 Å². The van der Waals surface area contributed by atoms with Crippen molar-refractivity contribution in [3.05, 3.63) is 62.7 Å². The summed E-state index contributed by atoms with van der Waals surface area (Å²) in [4.78, 5) is 20.4. The lowest BCUT2D eigenvalue weighted by atomic mass is 10.2. The van der Waals surface area contributed by atoms with Gasteiger partial charge < -0.3 is 10.1 Å². The lowest BCUT2D eigenvalue weighted by Crippen LogP contribution is -1.97. The van der Waals surface area contributed by atoms with Gasteiger partial charge in [-0.05, 0) is 18.2 Å². The first-order chi connectivity index (χ1) is 10.0. The van der Waals surface area contributed by atoms with E-state index in [2.05, 4.69) is 5.32 Å². The van der Waals surface area contributed by atoms with Gasteiger partial charge in [0.15, 0.2) is 0 Å². The summed E-state index contributed by atoms with van der Waals surface area (Å²) in [6.07, 6.45) is 0. The number of nitro benzene ring substituents is 2. The number of hydrogen-bond acceptors (Lipinski definition) is 6. The van der Waals surface area contributed by atoms with Crippen LogP contribution in [-0.2, 0) is 0 Å². The second-order valence-corrected chi connectivity index (χ2v) is 4.07. The number of nitro groups is 2. The molecular formula is C13H11N3O5. The van der Waals surface area contributed by atoms with Crippen molar-refractivity contribution in [3.8, 4) is 5.75 Å². The number of non-ortho nitro benzene ring substituents is 2. The minimum atomic E-state index is -0.513. The summed E-state index contributed by atoms with van der Waals surface area (Å²) in [5, 5.41) is 24.3. The normalized spacial score (nSPS) is 9.95. The lowest BCUT2D eigenvalue weighted by molar-refractivity contribution is -0.385. The van der Waals surface area contributed by atoms with Crippen LogP contribution in [0.25, 0.3) is 0 Å². The standard InChI is InChI=1S/C13H11N3O5/c1-21-13-7-6-11(16(19)20)8-12(13)14-9-2-4-10(5-3-9)15(17)18/h2-8,14H,1H3. The molecule has 0 saturated carbocycles. The summed E-state index contributed by atoms with van der Waals surface area (Å²) in [6.45, 7) is 0. The van der Waals surface area contributed by atoms with E-state index in [1.54, 1.807) is 0 Å². The Bertz CT molecular complexity index is 685. The van der Waals surface area contributed by atoms with E-state index in [-0.39, 0.29) is 11.4 Å². The molecule has 8 heteroatoms. The van der Waals surface area contributed by atoms with Gasteiger partial charge in [0.05, 0.1) is 22.6 Å². The molecule has 0 fully saturated rings. The largest absolute Gasteiger partial charge is 0.495 e. The molecule has 0 radical (unpaired) electrons. The zero-order chi connectivity index (χ0) is 15.4. The van der Waals surface area contributed by atoms with E-state index in [4.69, 9.17) is 4.74 Å². The highest BCUT2D eigenvalue weighted by molar-refractivity contribution is 5.69. The summed E-state index contributed by atoms with van der Waals surface area (Å²) in [5.74, 6) is 0.430. The number of methoxy groups -OCH3 is 1. The molecule has 0 aliphatic heterocycles. The van der Waals surface area contributed by atoms with Crippen LogP contribution in [-0.4, -0.2) is 17.0 Å². The molecule has 1 N–H and O–H groups in total. The van der Waals surface area contributed by atoms with Crippen LogP contribution in [0.3, 0.4) is 0 Å². The molecule has 0 atom stereocenters. The van der Waals surface area contributed by atoms with Crippen molar-refractivity contribution < 1.29 is 14.6 Å². The summed E-state index contributed by atoms with van der Waals surface area (Å²) in [7, 11) is 1.45. The predicted molar refractivity (Wildman–Crippen MR) is 76.0 cm³/mol. The van der Waals surface area contributed by atoms with E-state index in [9.17, 15) is 20.2 Å². The first-order valence-corrected chi connectivity index (χ1v) is 5.85. The fourth-order valence-corrected chi connectivity index (χ4v) is 1.73. The first kappa shape index (κ1) is 14.3. The van der Waals surface area contributed by atoms with E-state index < -0.39 is 9.85 Å². The van der Waals surface area contributed by atoms with Gasteiger partial charge in [0, 0.05) is 30.0 Å². The van der Waals surface area contributed by atoms with Crippen molar-refractivity contribution in [2.24, 2.45) is 0 Å². The van der Waals surface area contributed by atoms with Crippen LogP contribution in [0.1, 0.15) is 0 Å². The van der Waals surface area contributed by atoms with Gasteiger partial charge in [0.2, 0.25) is 0 Å². The van der Waals surface area contributed by atoms with Crippen LogP contribution in [0.4, 0.5) is 22.7 Å². The maximum absolute atomic E-state index is 10.8. The van der Waals surface area contributed by atoms with Crippen molar-refractivity contribution >= 4 is 22.7 Å². The van der Waals surface area contributed by atoms with Gasteiger partial charge in [0.25, 0.3) is 11.4 Å². The van der Waals surface area contributed by atoms with E-state index >= 15 is 0 Å². The molecule has 0 amide bonds. The molecule has 0 spiro atoms. The van der Waals surface area contributed by atoms with E-state index in [0.717, 1.165) is 0 Å². The molecular weight excluding hydrogens is 278 g/mol. The quantitative estimate of drug-likeness (QED) is 0.668. The third kappa shape index (κ3) is 3.24. The van der Waals surface area contributed by atoms with Crippen LogP contribution < -0.4 is 10.1 Å². The topological polar surface area (TPSA) is 108 Å². The number of hydrogen-bond donors (Lipinski definition) is 1. The lowest BCUT2D eigenvalue weighted by Gasteiger charge is -2.10. The smallest absolute Gasteiger partial charge is 0.271 e. The monoisotopic (exact) mass is 289 g/mol. The SMILES string of the molecule is COc1ccc([N+](=O)[O-])cc1Nc1ccc([N+](=O)[O-])cc1. The highest BCUT2D eigenvalue weighted by Gasteiger charge is 2.12. The van der Waals surface area contributed by atoms with Crippen LogP contribution in [0.5, 0.6) is 5.75 Å². The number of benzene rings is 2. The zero-order valence-electron chi connectivity index (χ0n) is 11.0. The molecule has 0 bridgehead atoms. The van der Waals surface area contributed by atoms with Crippen molar-refractivity contribution in [1.29, 1.82) is 0 Å². The van der Waals surface area contributed by atoms with Crippen molar-refractivity contribution in [2.75, 3.05) is 12.4 Å². The third-order valence-corrected chi connectivity index (χ3v) is 2.75.